The first kappa shape index (κ1) is 12.0. The smallest absolute Gasteiger partial charge is 0.293 e. The maximum atomic E-state index is 9.77. The van der Waals surface area contributed by atoms with Gasteiger partial charge in [0.05, 0.1) is 6.61 Å². The van der Waals surface area contributed by atoms with Crippen molar-refractivity contribution in [3.8, 4) is 11.8 Å². The van der Waals surface area contributed by atoms with Gasteiger partial charge in [-0.3, -0.25) is 4.79 Å². The monoisotopic (exact) mass is 182 g/mol. The molecule has 0 heterocycles. The lowest BCUT2D eigenvalue weighted by molar-refractivity contribution is -0.128. The third-order valence-electron chi connectivity index (χ3n) is 1.81. The zero-order valence-electron chi connectivity index (χ0n) is 8.34. The molecule has 0 aromatic rings. The van der Waals surface area contributed by atoms with Gasteiger partial charge in [-0.05, 0) is 19.8 Å². The standard InChI is InChI=1S/C11H18O2/c1-2-3-4-5-6-7-8-9-10-13-11-12/h11H,4-10H2,1H3. The minimum Gasteiger partial charge on any atom is -0.468 e. The fraction of sp³-hybridized carbons (Fsp3) is 0.727. The lowest BCUT2D eigenvalue weighted by Gasteiger charge is -1.98. The van der Waals surface area contributed by atoms with E-state index in [-0.39, 0.29) is 0 Å². The second kappa shape index (κ2) is 11.0. The normalized spacial score (nSPS) is 8.69. The van der Waals surface area contributed by atoms with Crippen molar-refractivity contribution in [2.24, 2.45) is 0 Å². The molecule has 0 amide bonds. The molecule has 2 nitrogen and oxygen atoms in total. The van der Waals surface area contributed by atoms with Gasteiger partial charge in [0.2, 0.25) is 0 Å². The van der Waals surface area contributed by atoms with Gasteiger partial charge in [-0.25, -0.2) is 0 Å². The van der Waals surface area contributed by atoms with Crippen LogP contribution in [-0.4, -0.2) is 13.1 Å². The molecule has 0 radical (unpaired) electrons. The van der Waals surface area contributed by atoms with Crippen LogP contribution < -0.4 is 0 Å². The summed E-state index contributed by atoms with van der Waals surface area (Å²) in [5.41, 5.74) is 0. The highest BCUT2D eigenvalue weighted by atomic mass is 16.5. The fourth-order valence-corrected chi connectivity index (χ4v) is 1.10. The number of unbranched alkanes of at least 4 members (excludes halogenated alkanes) is 5. The lowest BCUT2D eigenvalue weighted by Crippen LogP contribution is -1.91. The molecule has 0 saturated carbocycles. The molecule has 0 aromatic heterocycles. The van der Waals surface area contributed by atoms with Crippen molar-refractivity contribution in [2.75, 3.05) is 6.61 Å². The van der Waals surface area contributed by atoms with E-state index < -0.39 is 0 Å². The molecule has 0 spiro atoms. The van der Waals surface area contributed by atoms with Gasteiger partial charge in [0.15, 0.2) is 0 Å². The Morgan fingerprint density at radius 1 is 1.15 bits per heavy atom. The quantitative estimate of drug-likeness (QED) is 0.327. The molecule has 0 unspecified atom stereocenters. The van der Waals surface area contributed by atoms with E-state index in [9.17, 15) is 4.79 Å². The van der Waals surface area contributed by atoms with E-state index in [0.29, 0.717) is 13.1 Å². The van der Waals surface area contributed by atoms with E-state index in [0.717, 1.165) is 19.3 Å². The Bertz CT molecular complexity index is 165. The molecule has 0 rings (SSSR count). The minimum absolute atomic E-state index is 0.511. The topological polar surface area (TPSA) is 26.3 Å². The van der Waals surface area contributed by atoms with Crippen LogP contribution in [0, 0.1) is 11.8 Å². The second-order valence-electron chi connectivity index (χ2n) is 2.91. The van der Waals surface area contributed by atoms with Crippen molar-refractivity contribution in [1.29, 1.82) is 0 Å². The van der Waals surface area contributed by atoms with Crippen LogP contribution in [0.3, 0.4) is 0 Å². The molecular formula is C11H18O2. The number of carbonyl (C=O) groups excluding carboxylic acids is 1. The van der Waals surface area contributed by atoms with Crippen molar-refractivity contribution >= 4 is 6.47 Å². The maximum Gasteiger partial charge on any atom is 0.293 e. The average Bonchev–Trinajstić information content (AvgIpc) is 2.16. The molecule has 0 N–H and O–H groups in total. The Morgan fingerprint density at radius 3 is 2.54 bits per heavy atom. The van der Waals surface area contributed by atoms with Crippen molar-refractivity contribution in [2.45, 2.75) is 45.4 Å². The van der Waals surface area contributed by atoms with Gasteiger partial charge >= 0.3 is 0 Å². The molecule has 0 aliphatic heterocycles. The summed E-state index contributed by atoms with van der Waals surface area (Å²) in [7, 11) is 0. The molecule has 0 aliphatic carbocycles. The molecule has 0 aliphatic rings. The highest BCUT2D eigenvalue weighted by Gasteiger charge is 1.89. The predicted molar refractivity (Wildman–Crippen MR) is 53.2 cm³/mol. The molecule has 0 saturated heterocycles. The summed E-state index contributed by atoms with van der Waals surface area (Å²) in [6, 6.07) is 0. The first-order valence-corrected chi connectivity index (χ1v) is 4.86. The second-order valence-corrected chi connectivity index (χ2v) is 2.91. The fourth-order valence-electron chi connectivity index (χ4n) is 1.10. The van der Waals surface area contributed by atoms with Gasteiger partial charge < -0.3 is 4.74 Å². The minimum atomic E-state index is 0.511. The number of ether oxygens (including phenoxy) is 1. The molecule has 74 valence electrons. The summed E-state index contributed by atoms with van der Waals surface area (Å²) < 4.78 is 4.58. The largest absolute Gasteiger partial charge is 0.468 e. The molecule has 0 bridgehead atoms. The van der Waals surface area contributed by atoms with Crippen LogP contribution in [0.4, 0.5) is 0 Å². The summed E-state index contributed by atoms with van der Waals surface area (Å²) in [4.78, 5) is 9.77. The number of carbonyl (C=O) groups is 1. The third kappa shape index (κ3) is 11.0. The van der Waals surface area contributed by atoms with Crippen LogP contribution in [0.15, 0.2) is 0 Å². The van der Waals surface area contributed by atoms with Crippen LogP contribution in [0.2, 0.25) is 0 Å². The Labute approximate surface area is 80.7 Å². The Hall–Kier alpha value is -0.970. The summed E-state index contributed by atoms with van der Waals surface area (Å²) in [5.74, 6) is 5.92. The lowest BCUT2D eigenvalue weighted by atomic mass is 10.1. The molecular weight excluding hydrogens is 164 g/mol. The SMILES string of the molecule is CC#CCCCCCCCOC=O. The molecule has 0 aromatic carbocycles. The van der Waals surface area contributed by atoms with Gasteiger partial charge in [0.1, 0.15) is 0 Å². The maximum absolute atomic E-state index is 9.77. The first-order chi connectivity index (χ1) is 6.41. The van der Waals surface area contributed by atoms with Crippen molar-refractivity contribution in [1.82, 2.24) is 0 Å². The van der Waals surface area contributed by atoms with Crippen molar-refractivity contribution < 1.29 is 9.53 Å². The van der Waals surface area contributed by atoms with Gasteiger partial charge in [-0.2, -0.15) is 0 Å². The number of hydrogen-bond acceptors (Lipinski definition) is 2. The van der Waals surface area contributed by atoms with Crippen LogP contribution in [0.25, 0.3) is 0 Å². The number of hydrogen-bond donors (Lipinski definition) is 0. The Morgan fingerprint density at radius 2 is 1.85 bits per heavy atom. The first-order valence-electron chi connectivity index (χ1n) is 4.86. The zero-order valence-corrected chi connectivity index (χ0v) is 8.34. The van der Waals surface area contributed by atoms with E-state index in [4.69, 9.17) is 0 Å². The van der Waals surface area contributed by atoms with Crippen LogP contribution in [-0.2, 0) is 9.53 Å². The highest BCUT2D eigenvalue weighted by Crippen LogP contribution is 2.04. The zero-order chi connectivity index (χ0) is 9.78. The van der Waals surface area contributed by atoms with Gasteiger partial charge in [0.25, 0.3) is 6.47 Å². The Balaban J connectivity index is 2.89. The van der Waals surface area contributed by atoms with Crippen LogP contribution >= 0.6 is 0 Å². The summed E-state index contributed by atoms with van der Waals surface area (Å²) in [6.07, 6.45) is 6.78. The van der Waals surface area contributed by atoms with E-state index in [1.165, 1.54) is 19.3 Å². The van der Waals surface area contributed by atoms with E-state index >= 15 is 0 Å². The third-order valence-corrected chi connectivity index (χ3v) is 1.81. The molecule has 0 fully saturated rings. The predicted octanol–water partition coefficient (Wildman–Crippen LogP) is 2.52. The average molecular weight is 182 g/mol. The molecule has 0 atom stereocenters. The Kier molecular flexibility index (Phi) is 10.2. The van der Waals surface area contributed by atoms with Crippen LogP contribution in [0.1, 0.15) is 45.4 Å². The molecule has 2 heteroatoms. The van der Waals surface area contributed by atoms with Gasteiger partial charge in [0, 0.05) is 6.42 Å². The van der Waals surface area contributed by atoms with Gasteiger partial charge in [-0.1, -0.05) is 19.3 Å². The number of rotatable bonds is 8. The van der Waals surface area contributed by atoms with Crippen molar-refractivity contribution in [3.05, 3.63) is 0 Å². The summed E-state index contributed by atoms with van der Waals surface area (Å²) >= 11 is 0. The van der Waals surface area contributed by atoms with Crippen LogP contribution in [0.5, 0.6) is 0 Å². The van der Waals surface area contributed by atoms with E-state index in [2.05, 4.69) is 16.6 Å². The van der Waals surface area contributed by atoms with E-state index in [1.54, 1.807) is 0 Å². The highest BCUT2D eigenvalue weighted by molar-refractivity contribution is 5.36. The van der Waals surface area contributed by atoms with Gasteiger partial charge in [-0.15, -0.1) is 11.8 Å². The van der Waals surface area contributed by atoms with Crippen molar-refractivity contribution in [3.63, 3.8) is 0 Å². The van der Waals surface area contributed by atoms with E-state index in [1.807, 2.05) is 6.92 Å². The molecule has 13 heavy (non-hydrogen) atoms. The summed E-state index contributed by atoms with van der Waals surface area (Å²) in [6.45, 7) is 2.95. The summed E-state index contributed by atoms with van der Waals surface area (Å²) in [5, 5.41) is 0.